The van der Waals surface area contributed by atoms with Gasteiger partial charge >= 0.3 is 0 Å². The van der Waals surface area contributed by atoms with Crippen molar-refractivity contribution in [3.63, 3.8) is 0 Å². The summed E-state index contributed by atoms with van der Waals surface area (Å²) < 4.78 is 10.7. The van der Waals surface area contributed by atoms with Crippen molar-refractivity contribution in [1.82, 2.24) is 29.1 Å². The van der Waals surface area contributed by atoms with Crippen LogP contribution >= 0.6 is 0 Å². The minimum Gasteiger partial charge on any atom is -0.457 e. The zero-order valence-electron chi connectivity index (χ0n) is 20.6. The van der Waals surface area contributed by atoms with Crippen LogP contribution in [-0.2, 0) is 0 Å². The highest BCUT2D eigenvalue weighted by Gasteiger charge is 2.16. The molecule has 39 heavy (non-hydrogen) atoms. The van der Waals surface area contributed by atoms with E-state index in [0.29, 0.717) is 0 Å². The summed E-state index contributed by atoms with van der Waals surface area (Å²) in [6.45, 7) is 0. The van der Waals surface area contributed by atoms with Crippen molar-refractivity contribution in [1.29, 1.82) is 0 Å². The molecule has 0 fully saturated rings. The molecular formula is C32H20N6O. The van der Waals surface area contributed by atoms with Crippen LogP contribution in [0.5, 0.6) is 11.5 Å². The number of rotatable bonds is 4. The fraction of sp³-hybridized carbons (Fsp3) is 0. The molecule has 0 N–H and O–H groups in total. The van der Waals surface area contributed by atoms with Gasteiger partial charge in [-0.05, 0) is 60.7 Å². The summed E-state index contributed by atoms with van der Waals surface area (Å²) in [7, 11) is 0. The topological polar surface area (TPSA) is 70.7 Å². The number of aromatic nitrogens is 6. The van der Waals surface area contributed by atoms with E-state index in [1.807, 2.05) is 85.5 Å². The lowest BCUT2D eigenvalue weighted by atomic mass is 10.2. The second-order valence-electron chi connectivity index (χ2n) is 9.29. The highest BCUT2D eigenvalue weighted by Crippen LogP contribution is 2.37. The summed E-state index contributed by atoms with van der Waals surface area (Å²) in [6.07, 6.45) is 11.0. The molecule has 7 heteroatoms. The summed E-state index contributed by atoms with van der Waals surface area (Å²) in [5, 5.41) is 4.46. The van der Waals surface area contributed by atoms with E-state index >= 15 is 0 Å². The monoisotopic (exact) mass is 504 g/mol. The molecular weight excluding hydrogens is 484 g/mol. The molecule has 8 aromatic rings. The third-order valence-electron chi connectivity index (χ3n) is 7.07. The van der Waals surface area contributed by atoms with Gasteiger partial charge in [-0.2, -0.15) is 0 Å². The maximum Gasteiger partial charge on any atom is 0.137 e. The molecule has 0 amide bonds. The van der Waals surface area contributed by atoms with Gasteiger partial charge in [-0.3, -0.25) is 19.1 Å². The molecule has 184 valence electrons. The molecule has 0 spiro atoms. The Morgan fingerprint density at radius 3 is 1.41 bits per heavy atom. The van der Waals surface area contributed by atoms with Gasteiger partial charge in [0.05, 0.1) is 34.5 Å². The van der Waals surface area contributed by atoms with Gasteiger partial charge in [0.2, 0.25) is 0 Å². The highest BCUT2D eigenvalue weighted by molar-refractivity contribution is 6.10. The van der Waals surface area contributed by atoms with Gasteiger partial charge in [-0.25, -0.2) is 9.97 Å². The first-order chi connectivity index (χ1) is 19.3. The van der Waals surface area contributed by atoms with E-state index in [9.17, 15) is 0 Å². The average molecular weight is 505 g/mol. The Kier molecular flexibility index (Phi) is 4.69. The highest BCUT2D eigenvalue weighted by atomic mass is 16.5. The Bertz CT molecular complexity index is 1990. The van der Waals surface area contributed by atoms with Gasteiger partial charge < -0.3 is 4.74 Å². The van der Waals surface area contributed by atoms with E-state index in [4.69, 9.17) is 4.74 Å². The normalized spacial score (nSPS) is 11.6. The minimum atomic E-state index is 0.733. The summed E-state index contributed by atoms with van der Waals surface area (Å²) in [4.78, 5) is 18.0. The first-order valence-electron chi connectivity index (χ1n) is 12.6. The Labute approximate surface area is 222 Å². The second-order valence-corrected chi connectivity index (χ2v) is 9.29. The van der Waals surface area contributed by atoms with Crippen LogP contribution in [0.25, 0.3) is 55.2 Å². The van der Waals surface area contributed by atoms with Crippen LogP contribution in [0.1, 0.15) is 0 Å². The lowest BCUT2D eigenvalue weighted by Gasteiger charge is -2.10. The molecule has 0 aliphatic rings. The first-order valence-corrected chi connectivity index (χ1v) is 12.6. The summed E-state index contributed by atoms with van der Waals surface area (Å²) >= 11 is 0. The predicted molar refractivity (Wildman–Crippen MR) is 153 cm³/mol. The van der Waals surface area contributed by atoms with Gasteiger partial charge in [0.15, 0.2) is 0 Å². The Hall–Kier alpha value is -5.56. The maximum atomic E-state index is 6.47. The molecule has 0 aliphatic carbocycles. The molecule has 6 heterocycles. The van der Waals surface area contributed by atoms with Crippen molar-refractivity contribution in [3.05, 3.63) is 122 Å². The predicted octanol–water partition coefficient (Wildman–Crippen LogP) is 7.25. The quantitative estimate of drug-likeness (QED) is 0.252. The summed E-state index contributed by atoms with van der Waals surface area (Å²) in [5.41, 5.74) is 4.00. The van der Waals surface area contributed by atoms with Crippen molar-refractivity contribution in [3.8, 4) is 23.1 Å². The van der Waals surface area contributed by atoms with E-state index in [1.54, 1.807) is 12.4 Å². The van der Waals surface area contributed by atoms with Gasteiger partial charge in [-0.15, -0.1) is 0 Å². The van der Waals surface area contributed by atoms with Crippen LogP contribution in [0.3, 0.4) is 0 Å². The number of pyridine rings is 4. The van der Waals surface area contributed by atoms with Crippen LogP contribution in [0.4, 0.5) is 0 Å². The van der Waals surface area contributed by atoms with Crippen LogP contribution in [-0.4, -0.2) is 29.1 Å². The van der Waals surface area contributed by atoms with Crippen LogP contribution in [0, 0.1) is 0 Å². The molecule has 8 rings (SSSR count). The van der Waals surface area contributed by atoms with Crippen molar-refractivity contribution >= 4 is 43.6 Å². The van der Waals surface area contributed by atoms with Gasteiger partial charge in [0, 0.05) is 58.5 Å². The molecule has 7 nitrogen and oxygen atoms in total. The zero-order chi connectivity index (χ0) is 25.8. The van der Waals surface area contributed by atoms with E-state index < -0.39 is 0 Å². The van der Waals surface area contributed by atoms with Crippen molar-refractivity contribution < 1.29 is 4.74 Å². The molecule has 0 saturated carbocycles. The smallest absolute Gasteiger partial charge is 0.137 e. The maximum absolute atomic E-state index is 6.47. The molecule has 0 unspecified atom stereocenters. The number of benzene rings is 2. The number of ether oxygens (including phenoxy) is 1. The van der Waals surface area contributed by atoms with E-state index in [-0.39, 0.29) is 0 Å². The zero-order valence-corrected chi connectivity index (χ0v) is 20.6. The Morgan fingerprint density at radius 2 is 0.949 bits per heavy atom. The lowest BCUT2D eigenvalue weighted by molar-refractivity contribution is 0.484. The van der Waals surface area contributed by atoms with Gasteiger partial charge in [0.1, 0.15) is 23.1 Å². The summed E-state index contributed by atoms with van der Waals surface area (Å²) in [5.74, 6) is 3.13. The van der Waals surface area contributed by atoms with E-state index in [0.717, 1.165) is 66.7 Å². The lowest BCUT2D eigenvalue weighted by Crippen LogP contribution is -1.97. The minimum absolute atomic E-state index is 0.733. The number of nitrogens with zero attached hydrogens (tertiary/aromatic N) is 6. The Morgan fingerprint density at radius 1 is 0.462 bits per heavy atom. The molecule has 0 aliphatic heterocycles. The molecule has 0 saturated heterocycles. The van der Waals surface area contributed by atoms with E-state index in [2.05, 4.69) is 53.3 Å². The van der Waals surface area contributed by atoms with Crippen molar-refractivity contribution in [2.24, 2.45) is 0 Å². The average Bonchev–Trinajstić information content (AvgIpc) is 3.50. The Balaban J connectivity index is 1.29. The second kappa shape index (κ2) is 8.49. The van der Waals surface area contributed by atoms with E-state index in [1.165, 1.54) is 0 Å². The molecule has 0 bridgehead atoms. The van der Waals surface area contributed by atoms with Crippen LogP contribution in [0.2, 0.25) is 0 Å². The molecule has 6 aromatic heterocycles. The fourth-order valence-corrected chi connectivity index (χ4v) is 5.42. The van der Waals surface area contributed by atoms with Crippen molar-refractivity contribution in [2.75, 3.05) is 0 Å². The molecule has 0 atom stereocenters. The largest absolute Gasteiger partial charge is 0.457 e. The fourth-order valence-electron chi connectivity index (χ4n) is 5.42. The standard InChI is InChI=1S/C32H20N6O/c1-3-13-35-31(5-1)37-27-17-21(7-9-23(27)25-11-15-33-19-29(25)37)39-22-8-10-24-26-12-16-34-20-30(26)38(28(24)18-22)32-6-2-4-14-36-32/h1-20H. The molecule has 2 aromatic carbocycles. The SMILES string of the molecule is c1ccc(-n2c3cnccc3c3ccc(Oc4ccc5c6ccncc6n(-c6ccccn6)c5c4)cc32)nc1. The van der Waals surface area contributed by atoms with Crippen LogP contribution < -0.4 is 4.74 Å². The number of fused-ring (bicyclic) bond motifs is 6. The van der Waals surface area contributed by atoms with Crippen LogP contribution in [0.15, 0.2) is 122 Å². The first kappa shape index (κ1) is 21.5. The third kappa shape index (κ3) is 3.37. The third-order valence-corrected chi connectivity index (χ3v) is 7.07. The van der Waals surface area contributed by atoms with Gasteiger partial charge in [0.25, 0.3) is 0 Å². The van der Waals surface area contributed by atoms with Gasteiger partial charge in [-0.1, -0.05) is 12.1 Å². The molecule has 0 radical (unpaired) electrons. The summed E-state index contributed by atoms with van der Waals surface area (Å²) in [6, 6.07) is 28.2. The van der Waals surface area contributed by atoms with Crippen molar-refractivity contribution in [2.45, 2.75) is 0 Å². The number of hydrogen-bond donors (Lipinski definition) is 0. The number of hydrogen-bond acceptors (Lipinski definition) is 5.